The van der Waals surface area contributed by atoms with E-state index in [1.165, 1.54) is 23.9 Å². The molecule has 0 aliphatic heterocycles. The van der Waals surface area contributed by atoms with Crippen LogP contribution < -0.4 is 10.5 Å². The molecule has 0 aliphatic rings. The molecule has 3 aromatic rings. The van der Waals surface area contributed by atoms with Crippen LogP contribution in [-0.2, 0) is 0 Å². The van der Waals surface area contributed by atoms with E-state index in [4.69, 9.17) is 5.73 Å². The molecule has 0 bridgehead atoms. The van der Waals surface area contributed by atoms with E-state index >= 15 is 0 Å². The summed E-state index contributed by atoms with van der Waals surface area (Å²) in [4.78, 5) is 16.9. The molecule has 28 heavy (non-hydrogen) atoms. The molecule has 0 amide bonds. The van der Waals surface area contributed by atoms with Crippen LogP contribution in [0.15, 0.2) is 35.5 Å². The molecule has 3 rings (SSSR count). The Bertz CT molecular complexity index is 985. The molecule has 3 N–H and O–H groups in total. The Balaban J connectivity index is 1.83. The number of carbonyl (C=O) groups excluding carboxylic acids is 1. The first-order chi connectivity index (χ1) is 13.3. The van der Waals surface area contributed by atoms with Gasteiger partial charge in [0, 0.05) is 22.6 Å². The summed E-state index contributed by atoms with van der Waals surface area (Å²) in [5.41, 5.74) is 8.44. The number of Topliss-reactive ketones (excluding diaryl/α,β-unsaturated/α-hetero) is 1. The summed E-state index contributed by atoms with van der Waals surface area (Å²) in [5.74, 6) is 0.207. The average Bonchev–Trinajstić information content (AvgIpc) is 3.17. The zero-order valence-electron chi connectivity index (χ0n) is 15.4. The molecule has 0 radical (unpaired) electrons. The Morgan fingerprint density at radius 1 is 1.29 bits per heavy atom. The van der Waals surface area contributed by atoms with Gasteiger partial charge in [-0.15, -0.1) is 5.10 Å². The van der Waals surface area contributed by atoms with Gasteiger partial charge in [-0.25, -0.2) is 5.10 Å². The SMILES string of the molecule is Cc1cc(C(=O)[C@@H](C)Sc2n[nH]c(N)n2)c(C)n1-c1ccc(OC(F)F)cc1. The quantitative estimate of drug-likeness (QED) is 0.457. The summed E-state index contributed by atoms with van der Waals surface area (Å²) in [6, 6.07) is 8.08. The fourth-order valence-electron chi connectivity index (χ4n) is 2.93. The van der Waals surface area contributed by atoms with Crippen molar-refractivity contribution in [2.24, 2.45) is 0 Å². The normalized spacial score (nSPS) is 12.4. The Kier molecular flexibility index (Phi) is 5.68. The van der Waals surface area contributed by atoms with E-state index in [1.54, 1.807) is 19.1 Å². The molecule has 1 aromatic carbocycles. The van der Waals surface area contributed by atoms with Crippen molar-refractivity contribution in [2.45, 2.75) is 37.8 Å². The van der Waals surface area contributed by atoms with Gasteiger partial charge in [0.05, 0.1) is 5.25 Å². The maximum absolute atomic E-state index is 12.9. The topological polar surface area (TPSA) is 98.8 Å². The highest BCUT2D eigenvalue weighted by Crippen LogP contribution is 2.28. The minimum absolute atomic E-state index is 0.0645. The van der Waals surface area contributed by atoms with Gasteiger partial charge in [0.15, 0.2) is 5.78 Å². The van der Waals surface area contributed by atoms with Crippen molar-refractivity contribution in [3.63, 3.8) is 0 Å². The highest BCUT2D eigenvalue weighted by Gasteiger charge is 2.23. The third kappa shape index (κ3) is 4.16. The van der Waals surface area contributed by atoms with Crippen molar-refractivity contribution >= 4 is 23.5 Å². The van der Waals surface area contributed by atoms with Crippen LogP contribution in [0.3, 0.4) is 0 Å². The number of benzene rings is 1. The summed E-state index contributed by atoms with van der Waals surface area (Å²) in [5, 5.41) is 6.46. The van der Waals surface area contributed by atoms with Crippen LogP contribution in [-0.4, -0.2) is 37.4 Å². The number of ether oxygens (including phenoxy) is 1. The fourth-order valence-corrected chi connectivity index (χ4v) is 3.73. The Hall–Kier alpha value is -2.88. The van der Waals surface area contributed by atoms with Gasteiger partial charge in [0.2, 0.25) is 11.1 Å². The highest BCUT2D eigenvalue weighted by molar-refractivity contribution is 8.00. The summed E-state index contributed by atoms with van der Waals surface area (Å²) in [6.07, 6.45) is 0. The van der Waals surface area contributed by atoms with E-state index < -0.39 is 11.9 Å². The lowest BCUT2D eigenvalue weighted by Gasteiger charge is -2.12. The standard InChI is InChI=1S/C18H19F2N5O2S/c1-9-8-14(15(26)11(3)28-18-22-17(21)23-24-18)10(2)25(9)12-4-6-13(7-5-12)27-16(19)20/h4-8,11,16H,1-3H3,(H3,21,22,23,24)/t11-/m1/s1. The maximum atomic E-state index is 12.9. The number of H-pyrrole nitrogens is 1. The average molecular weight is 407 g/mol. The smallest absolute Gasteiger partial charge is 0.387 e. The molecule has 2 aromatic heterocycles. The van der Waals surface area contributed by atoms with Crippen molar-refractivity contribution in [3.05, 3.63) is 47.3 Å². The summed E-state index contributed by atoms with van der Waals surface area (Å²) >= 11 is 1.21. The molecule has 0 fully saturated rings. The first-order valence-corrected chi connectivity index (χ1v) is 9.27. The maximum Gasteiger partial charge on any atom is 0.387 e. The number of hydrogen-bond acceptors (Lipinski definition) is 6. The number of aromatic amines is 1. The molecule has 0 saturated heterocycles. The first kappa shape index (κ1) is 19.9. The number of rotatable bonds is 7. The number of ketones is 1. The second kappa shape index (κ2) is 8.01. The summed E-state index contributed by atoms with van der Waals surface area (Å²) < 4.78 is 30.9. The Labute approximate surface area is 164 Å². The molecule has 10 heteroatoms. The van der Waals surface area contributed by atoms with Gasteiger partial charge < -0.3 is 15.0 Å². The number of halogens is 2. The lowest BCUT2D eigenvalue weighted by molar-refractivity contribution is -0.0498. The van der Waals surface area contributed by atoms with E-state index in [-0.39, 0.29) is 17.5 Å². The third-order valence-electron chi connectivity index (χ3n) is 4.15. The van der Waals surface area contributed by atoms with Crippen LogP contribution in [0.25, 0.3) is 5.69 Å². The van der Waals surface area contributed by atoms with Crippen LogP contribution in [0.4, 0.5) is 14.7 Å². The number of anilines is 1. The van der Waals surface area contributed by atoms with Crippen LogP contribution >= 0.6 is 11.8 Å². The summed E-state index contributed by atoms with van der Waals surface area (Å²) in [6.45, 7) is 2.62. The lowest BCUT2D eigenvalue weighted by Crippen LogP contribution is -2.15. The van der Waals surface area contributed by atoms with Crippen LogP contribution in [0.5, 0.6) is 5.75 Å². The minimum atomic E-state index is -2.87. The van der Waals surface area contributed by atoms with Gasteiger partial charge in [-0.2, -0.15) is 13.8 Å². The number of aromatic nitrogens is 4. The zero-order chi connectivity index (χ0) is 20.4. The summed E-state index contributed by atoms with van der Waals surface area (Å²) in [7, 11) is 0. The number of nitrogen functional groups attached to an aromatic ring is 1. The fraction of sp³-hybridized carbons (Fsp3) is 0.278. The number of hydrogen-bond donors (Lipinski definition) is 2. The van der Waals surface area contributed by atoms with Gasteiger partial charge in [-0.05, 0) is 51.1 Å². The predicted octanol–water partition coefficient (Wildman–Crippen LogP) is 3.76. The Morgan fingerprint density at radius 3 is 2.54 bits per heavy atom. The molecule has 7 nitrogen and oxygen atoms in total. The van der Waals surface area contributed by atoms with Crippen molar-refractivity contribution in [3.8, 4) is 11.4 Å². The van der Waals surface area contributed by atoms with E-state index in [2.05, 4.69) is 19.9 Å². The molecule has 1 atom stereocenters. The zero-order valence-corrected chi connectivity index (χ0v) is 16.3. The number of alkyl halides is 2. The number of thioether (sulfide) groups is 1. The van der Waals surface area contributed by atoms with Crippen molar-refractivity contribution < 1.29 is 18.3 Å². The largest absolute Gasteiger partial charge is 0.435 e. The number of aryl methyl sites for hydroxylation is 1. The number of nitrogens with two attached hydrogens (primary N) is 1. The molecular weight excluding hydrogens is 388 g/mol. The molecule has 148 valence electrons. The van der Waals surface area contributed by atoms with E-state index in [9.17, 15) is 13.6 Å². The van der Waals surface area contributed by atoms with Crippen LogP contribution in [0.2, 0.25) is 0 Å². The second-order valence-corrected chi connectivity index (χ2v) is 7.43. The van der Waals surface area contributed by atoms with Crippen LogP contribution in [0, 0.1) is 13.8 Å². The van der Waals surface area contributed by atoms with Crippen molar-refractivity contribution in [1.82, 2.24) is 19.7 Å². The van der Waals surface area contributed by atoms with E-state index in [0.717, 1.165) is 17.1 Å². The van der Waals surface area contributed by atoms with Gasteiger partial charge in [-0.3, -0.25) is 4.79 Å². The third-order valence-corrected chi connectivity index (χ3v) is 5.11. The highest BCUT2D eigenvalue weighted by atomic mass is 32.2. The van der Waals surface area contributed by atoms with Crippen molar-refractivity contribution in [2.75, 3.05) is 5.73 Å². The molecule has 0 unspecified atom stereocenters. The van der Waals surface area contributed by atoms with Crippen molar-refractivity contribution in [1.29, 1.82) is 0 Å². The molecule has 2 heterocycles. The van der Waals surface area contributed by atoms with E-state index in [1.807, 2.05) is 24.5 Å². The molecule has 0 saturated carbocycles. The van der Waals surface area contributed by atoms with E-state index in [0.29, 0.717) is 10.7 Å². The number of nitrogens with one attached hydrogen (secondary N) is 1. The van der Waals surface area contributed by atoms with Gasteiger partial charge in [-0.1, -0.05) is 11.8 Å². The van der Waals surface area contributed by atoms with Gasteiger partial charge in [0.1, 0.15) is 5.75 Å². The number of nitrogens with zero attached hydrogens (tertiary/aromatic N) is 3. The lowest BCUT2D eigenvalue weighted by atomic mass is 10.1. The Morgan fingerprint density at radius 2 is 1.96 bits per heavy atom. The van der Waals surface area contributed by atoms with Gasteiger partial charge >= 0.3 is 6.61 Å². The number of carbonyl (C=O) groups is 1. The predicted molar refractivity (Wildman–Crippen MR) is 102 cm³/mol. The second-order valence-electron chi connectivity index (χ2n) is 6.12. The first-order valence-electron chi connectivity index (χ1n) is 8.39. The molecular formula is C18H19F2N5O2S. The van der Waals surface area contributed by atoms with Crippen LogP contribution in [0.1, 0.15) is 28.7 Å². The minimum Gasteiger partial charge on any atom is -0.435 e. The molecule has 0 aliphatic carbocycles. The molecule has 0 spiro atoms. The monoisotopic (exact) mass is 407 g/mol. The van der Waals surface area contributed by atoms with Gasteiger partial charge in [0.25, 0.3) is 0 Å².